The Morgan fingerprint density at radius 1 is 1.53 bits per heavy atom. The maximum absolute atomic E-state index is 11.9. The average molecular weight is 237 g/mol. The summed E-state index contributed by atoms with van der Waals surface area (Å²) in [5.74, 6) is 0.578. The zero-order chi connectivity index (χ0) is 12.8. The second-order valence-electron chi connectivity index (χ2n) is 4.53. The highest BCUT2D eigenvalue weighted by Gasteiger charge is 2.13. The third kappa shape index (κ3) is 3.97. The minimum absolute atomic E-state index is 0.257. The van der Waals surface area contributed by atoms with Crippen LogP contribution in [0.2, 0.25) is 0 Å². The van der Waals surface area contributed by atoms with Crippen LogP contribution < -0.4 is 5.73 Å². The van der Waals surface area contributed by atoms with Crippen molar-refractivity contribution in [1.82, 2.24) is 9.78 Å². The standard InChI is InChI=1S/C13H23N3O/c1-4-10(9-14)6-13(17)8-12-7-11(5-2)15-16(12)3/h7,10H,4-6,8-9,14H2,1-3H3. The fourth-order valence-electron chi connectivity index (χ4n) is 1.90. The van der Waals surface area contributed by atoms with Crippen molar-refractivity contribution in [3.05, 3.63) is 17.5 Å². The number of hydrogen-bond acceptors (Lipinski definition) is 3. The molecule has 96 valence electrons. The van der Waals surface area contributed by atoms with Gasteiger partial charge in [-0.1, -0.05) is 20.3 Å². The van der Waals surface area contributed by atoms with Gasteiger partial charge in [-0.25, -0.2) is 0 Å². The summed E-state index contributed by atoms with van der Waals surface area (Å²) >= 11 is 0. The molecule has 1 aromatic rings. The van der Waals surface area contributed by atoms with Crippen LogP contribution in [0.3, 0.4) is 0 Å². The van der Waals surface area contributed by atoms with Crippen molar-refractivity contribution in [3.8, 4) is 0 Å². The molecule has 2 N–H and O–H groups in total. The zero-order valence-corrected chi connectivity index (χ0v) is 11.1. The number of aryl methyl sites for hydroxylation is 2. The minimum Gasteiger partial charge on any atom is -0.330 e. The van der Waals surface area contributed by atoms with Crippen LogP contribution in [-0.2, 0) is 24.7 Å². The van der Waals surface area contributed by atoms with E-state index in [1.165, 1.54) is 0 Å². The lowest BCUT2D eigenvalue weighted by Gasteiger charge is -2.10. The molecule has 0 aliphatic heterocycles. The normalized spacial score (nSPS) is 12.7. The molecule has 0 radical (unpaired) electrons. The third-order valence-corrected chi connectivity index (χ3v) is 3.19. The summed E-state index contributed by atoms with van der Waals surface area (Å²) in [7, 11) is 1.89. The molecule has 1 rings (SSSR count). The largest absolute Gasteiger partial charge is 0.330 e. The van der Waals surface area contributed by atoms with E-state index in [1.807, 2.05) is 13.1 Å². The van der Waals surface area contributed by atoms with E-state index < -0.39 is 0 Å². The van der Waals surface area contributed by atoms with E-state index in [0.29, 0.717) is 25.3 Å². The average Bonchev–Trinajstić information content (AvgIpc) is 2.67. The van der Waals surface area contributed by atoms with Crippen LogP contribution in [0.5, 0.6) is 0 Å². The predicted molar refractivity (Wildman–Crippen MR) is 68.7 cm³/mol. The minimum atomic E-state index is 0.257. The van der Waals surface area contributed by atoms with Crippen molar-refractivity contribution in [2.45, 2.75) is 39.5 Å². The van der Waals surface area contributed by atoms with Crippen LogP contribution in [-0.4, -0.2) is 22.1 Å². The van der Waals surface area contributed by atoms with Crippen molar-refractivity contribution in [2.75, 3.05) is 6.54 Å². The van der Waals surface area contributed by atoms with Gasteiger partial charge in [0, 0.05) is 25.6 Å². The lowest BCUT2D eigenvalue weighted by molar-refractivity contribution is -0.119. The molecule has 0 saturated heterocycles. The van der Waals surface area contributed by atoms with E-state index in [1.54, 1.807) is 4.68 Å². The molecule has 0 fully saturated rings. The first kappa shape index (κ1) is 13.9. The number of Topliss-reactive ketones (excluding diaryl/α,β-unsaturated/α-hetero) is 1. The zero-order valence-electron chi connectivity index (χ0n) is 11.1. The lowest BCUT2D eigenvalue weighted by atomic mass is 9.98. The van der Waals surface area contributed by atoms with Crippen molar-refractivity contribution in [1.29, 1.82) is 0 Å². The Morgan fingerprint density at radius 2 is 2.24 bits per heavy atom. The number of rotatable bonds is 7. The second kappa shape index (κ2) is 6.55. The SMILES string of the molecule is CCc1cc(CC(=O)CC(CC)CN)n(C)n1. The molecule has 0 spiro atoms. The van der Waals surface area contributed by atoms with E-state index >= 15 is 0 Å². The van der Waals surface area contributed by atoms with Gasteiger partial charge in [-0.15, -0.1) is 0 Å². The Bertz CT molecular complexity index is 367. The molecule has 1 unspecified atom stereocenters. The highest BCUT2D eigenvalue weighted by molar-refractivity contribution is 5.80. The molecule has 0 bridgehead atoms. The van der Waals surface area contributed by atoms with E-state index in [2.05, 4.69) is 18.9 Å². The number of nitrogens with zero attached hydrogens (tertiary/aromatic N) is 2. The second-order valence-corrected chi connectivity index (χ2v) is 4.53. The first-order valence-corrected chi connectivity index (χ1v) is 6.34. The molecule has 0 aromatic carbocycles. The van der Waals surface area contributed by atoms with Crippen molar-refractivity contribution in [2.24, 2.45) is 18.7 Å². The maximum atomic E-state index is 11.9. The van der Waals surface area contributed by atoms with Gasteiger partial charge in [0.1, 0.15) is 5.78 Å². The van der Waals surface area contributed by atoms with Crippen LogP contribution in [0.15, 0.2) is 6.07 Å². The summed E-state index contributed by atoms with van der Waals surface area (Å²) < 4.78 is 1.81. The van der Waals surface area contributed by atoms with E-state index in [9.17, 15) is 4.79 Å². The van der Waals surface area contributed by atoms with Crippen LogP contribution >= 0.6 is 0 Å². The molecular formula is C13H23N3O. The highest BCUT2D eigenvalue weighted by Crippen LogP contribution is 2.11. The van der Waals surface area contributed by atoms with Crippen LogP contribution in [0.25, 0.3) is 0 Å². The first-order valence-electron chi connectivity index (χ1n) is 6.34. The van der Waals surface area contributed by atoms with Crippen LogP contribution in [0.1, 0.15) is 38.1 Å². The fourth-order valence-corrected chi connectivity index (χ4v) is 1.90. The Hall–Kier alpha value is -1.16. The number of ketones is 1. The molecule has 1 aromatic heterocycles. The molecule has 4 nitrogen and oxygen atoms in total. The summed E-state index contributed by atoms with van der Waals surface area (Å²) in [6.07, 6.45) is 2.93. The van der Waals surface area contributed by atoms with Gasteiger partial charge in [0.05, 0.1) is 5.69 Å². The van der Waals surface area contributed by atoms with Gasteiger partial charge in [-0.05, 0) is 24.9 Å². The summed E-state index contributed by atoms with van der Waals surface area (Å²) in [6, 6.07) is 2.02. The Balaban J connectivity index is 2.58. The van der Waals surface area contributed by atoms with E-state index in [0.717, 1.165) is 24.2 Å². The van der Waals surface area contributed by atoms with E-state index in [4.69, 9.17) is 5.73 Å². The molecule has 1 atom stereocenters. The summed E-state index contributed by atoms with van der Waals surface area (Å²) in [6.45, 7) is 4.73. The van der Waals surface area contributed by atoms with E-state index in [-0.39, 0.29) is 5.78 Å². The Morgan fingerprint density at radius 3 is 2.71 bits per heavy atom. The fraction of sp³-hybridized carbons (Fsp3) is 0.692. The highest BCUT2D eigenvalue weighted by atomic mass is 16.1. The van der Waals surface area contributed by atoms with Gasteiger partial charge < -0.3 is 5.73 Å². The molecule has 4 heteroatoms. The van der Waals surface area contributed by atoms with Gasteiger partial charge >= 0.3 is 0 Å². The lowest BCUT2D eigenvalue weighted by Crippen LogP contribution is -2.19. The van der Waals surface area contributed by atoms with Gasteiger partial charge in [0.25, 0.3) is 0 Å². The topological polar surface area (TPSA) is 60.9 Å². The molecule has 1 heterocycles. The molecule has 0 aliphatic rings. The summed E-state index contributed by atoms with van der Waals surface area (Å²) in [5, 5.41) is 4.34. The summed E-state index contributed by atoms with van der Waals surface area (Å²) in [4.78, 5) is 11.9. The van der Waals surface area contributed by atoms with Crippen molar-refractivity contribution in [3.63, 3.8) is 0 Å². The number of nitrogens with two attached hydrogens (primary N) is 1. The van der Waals surface area contributed by atoms with Crippen molar-refractivity contribution < 1.29 is 4.79 Å². The number of carbonyl (C=O) groups excluding carboxylic acids is 1. The molecule has 0 aliphatic carbocycles. The monoisotopic (exact) mass is 237 g/mol. The molecular weight excluding hydrogens is 214 g/mol. The predicted octanol–water partition coefficient (Wildman–Crippen LogP) is 1.47. The van der Waals surface area contributed by atoms with Gasteiger partial charge in [0.2, 0.25) is 0 Å². The van der Waals surface area contributed by atoms with Crippen LogP contribution in [0.4, 0.5) is 0 Å². The van der Waals surface area contributed by atoms with Crippen LogP contribution in [0, 0.1) is 5.92 Å². The third-order valence-electron chi connectivity index (χ3n) is 3.19. The molecule has 0 saturated carbocycles. The number of hydrogen-bond donors (Lipinski definition) is 1. The maximum Gasteiger partial charge on any atom is 0.139 e. The molecule has 17 heavy (non-hydrogen) atoms. The first-order chi connectivity index (χ1) is 8.10. The quantitative estimate of drug-likeness (QED) is 0.781. The number of carbonyl (C=O) groups is 1. The Kier molecular flexibility index (Phi) is 5.35. The smallest absolute Gasteiger partial charge is 0.139 e. The van der Waals surface area contributed by atoms with Gasteiger partial charge in [0.15, 0.2) is 0 Å². The van der Waals surface area contributed by atoms with Crippen molar-refractivity contribution >= 4 is 5.78 Å². The van der Waals surface area contributed by atoms with Gasteiger partial charge in [-0.2, -0.15) is 5.10 Å². The molecule has 0 amide bonds. The summed E-state index contributed by atoms with van der Waals surface area (Å²) in [5.41, 5.74) is 7.65. The Labute approximate surface area is 103 Å². The number of aromatic nitrogens is 2. The van der Waals surface area contributed by atoms with Gasteiger partial charge in [-0.3, -0.25) is 9.48 Å².